The Morgan fingerprint density at radius 2 is 1.67 bits per heavy atom. The van der Waals surface area contributed by atoms with E-state index in [1.807, 2.05) is 60.0 Å². The van der Waals surface area contributed by atoms with E-state index < -0.39 is 0 Å². The van der Waals surface area contributed by atoms with E-state index in [-0.39, 0.29) is 5.91 Å². The Hall–Kier alpha value is -3.64. The van der Waals surface area contributed by atoms with Gasteiger partial charge in [0, 0.05) is 22.2 Å². The molecule has 0 bridgehead atoms. The molecule has 0 atom stereocenters. The molecule has 4 rings (SSSR count). The number of methoxy groups -OCH3 is 2. The minimum atomic E-state index is -0.272. The molecule has 0 saturated carbocycles. The lowest BCUT2D eigenvalue weighted by Crippen LogP contribution is -2.13. The second-order valence-corrected chi connectivity index (χ2v) is 7.34. The first-order valence-corrected chi connectivity index (χ1v) is 10.2. The molecule has 0 spiro atoms. The van der Waals surface area contributed by atoms with Gasteiger partial charge in [0.15, 0.2) is 11.5 Å². The van der Waals surface area contributed by atoms with Gasteiger partial charge in [0.2, 0.25) is 0 Å². The molecule has 1 aromatic heterocycles. The summed E-state index contributed by atoms with van der Waals surface area (Å²) in [7, 11) is 3.06. The maximum atomic E-state index is 12.8. The first-order chi connectivity index (χ1) is 14.7. The molecule has 0 aliphatic rings. The highest BCUT2D eigenvalue weighted by Gasteiger charge is 2.17. The average molecular weight is 417 g/mol. The summed E-state index contributed by atoms with van der Waals surface area (Å²) in [6, 6.07) is 22.9. The normalized spacial score (nSPS) is 10.5. The zero-order valence-electron chi connectivity index (χ0n) is 16.6. The van der Waals surface area contributed by atoms with Gasteiger partial charge in [0.1, 0.15) is 5.01 Å². The number of benzene rings is 3. The van der Waals surface area contributed by atoms with Crippen molar-refractivity contribution in [2.24, 2.45) is 0 Å². The molecule has 0 fully saturated rings. The van der Waals surface area contributed by atoms with Crippen LogP contribution in [0.3, 0.4) is 0 Å². The van der Waals surface area contributed by atoms with Crippen LogP contribution in [0.25, 0.3) is 21.8 Å². The van der Waals surface area contributed by atoms with Gasteiger partial charge in [-0.3, -0.25) is 4.79 Å². The number of amides is 1. The van der Waals surface area contributed by atoms with Gasteiger partial charge in [-0.1, -0.05) is 48.5 Å². The lowest BCUT2D eigenvalue weighted by Gasteiger charge is -2.13. The van der Waals surface area contributed by atoms with E-state index in [2.05, 4.69) is 5.32 Å². The van der Waals surface area contributed by atoms with E-state index in [1.54, 1.807) is 36.6 Å². The van der Waals surface area contributed by atoms with E-state index in [9.17, 15) is 4.79 Å². The van der Waals surface area contributed by atoms with Crippen LogP contribution in [0.2, 0.25) is 0 Å². The highest BCUT2D eigenvalue weighted by molar-refractivity contribution is 7.13. The van der Waals surface area contributed by atoms with Gasteiger partial charge in [-0.05, 0) is 24.3 Å². The van der Waals surface area contributed by atoms with E-state index in [4.69, 9.17) is 14.5 Å². The van der Waals surface area contributed by atoms with Crippen molar-refractivity contribution in [2.45, 2.75) is 0 Å². The van der Waals surface area contributed by atoms with Crippen molar-refractivity contribution in [1.29, 1.82) is 0 Å². The summed E-state index contributed by atoms with van der Waals surface area (Å²) in [6.45, 7) is 0. The molecule has 1 N–H and O–H groups in total. The summed E-state index contributed by atoms with van der Waals surface area (Å²) in [5.74, 6) is 0.640. The van der Waals surface area contributed by atoms with Crippen molar-refractivity contribution < 1.29 is 14.3 Å². The topological polar surface area (TPSA) is 60.5 Å². The summed E-state index contributed by atoms with van der Waals surface area (Å²) in [4.78, 5) is 17.6. The first-order valence-electron chi connectivity index (χ1n) is 9.33. The number of nitrogens with one attached hydrogen (secondary N) is 1. The Morgan fingerprint density at radius 1 is 0.900 bits per heavy atom. The Morgan fingerprint density at radius 3 is 2.43 bits per heavy atom. The predicted molar refractivity (Wildman–Crippen MR) is 120 cm³/mol. The van der Waals surface area contributed by atoms with Crippen LogP contribution in [0.1, 0.15) is 10.4 Å². The zero-order valence-corrected chi connectivity index (χ0v) is 17.4. The van der Waals surface area contributed by atoms with Crippen LogP contribution < -0.4 is 14.8 Å². The molecule has 0 radical (unpaired) electrons. The van der Waals surface area contributed by atoms with Gasteiger partial charge in [-0.2, -0.15) is 0 Å². The fourth-order valence-corrected chi connectivity index (χ4v) is 3.98. The Balaban J connectivity index is 1.58. The van der Waals surface area contributed by atoms with Crippen molar-refractivity contribution >= 4 is 22.9 Å². The number of nitrogens with zero attached hydrogens (tertiary/aromatic N) is 1. The summed E-state index contributed by atoms with van der Waals surface area (Å²) in [5, 5.41) is 5.92. The fraction of sp³-hybridized carbons (Fsp3) is 0.0833. The lowest BCUT2D eigenvalue weighted by molar-refractivity contribution is 0.102. The van der Waals surface area contributed by atoms with Crippen molar-refractivity contribution in [3.63, 3.8) is 0 Å². The SMILES string of the molecule is COc1cccc(C(=O)Nc2cccc(-c3csc(-c4ccccc4)n3)c2)c1OC. The second-order valence-electron chi connectivity index (χ2n) is 6.48. The molecule has 1 amide bonds. The van der Waals surface area contributed by atoms with Crippen LogP contribution in [0, 0.1) is 0 Å². The molecule has 6 heteroatoms. The van der Waals surface area contributed by atoms with Gasteiger partial charge >= 0.3 is 0 Å². The molecular formula is C24H20N2O3S. The number of para-hydroxylation sites is 1. The van der Waals surface area contributed by atoms with Crippen LogP contribution in [0.15, 0.2) is 78.2 Å². The highest BCUT2D eigenvalue weighted by atomic mass is 32.1. The number of rotatable bonds is 6. The van der Waals surface area contributed by atoms with Crippen LogP contribution in [-0.4, -0.2) is 25.1 Å². The number of carbonyl (C=O) groups excluding carboxylic acids is 1. The third-order valence-corrected chi connectivity index (χ3v) is 5.48. The van der Waals surface area contributed by atoms with E-state index in [0.29, 0.717) is 22.7 Å². The molecule has 4 aromatic rings. The number of carbonyl (C=O) groups is 1. The molecule has 30 heavy (non-hydrogen) atoms. The molecule has 1 heterocycles. The number of hydrogen-bond acceptors (Lipinski definition) is 5. The number of ether oxygens (including phenoxy) is 2. The summed E-state index contributed by atoms with van der Waals surface area (Å²) >= 11 is 1.59. The maximum Gasteiger partial charge on any atom is 0.259 e. The highest BCUT2D eigenvalue weighted by Crippen LogP contribution is 2.32. The minimum absolute atomic E-state index is 0.272. The molecule has 0 saturated heterocycles. The average Bonchev–Trinajstić information content (AvgIpc) is 3.29. The lowest BCUT2D eigenvalue weighted by atomic mass is 10.1. The number of hydrogen-bond donors (Lipinski definition) is 1. The molecule has 3 aromatic carbocycles. The summed E-state index contributed by atoms with van der Waals surface area (Å²) in [5.41, 5.74) is 3.97. The maximum absolute atomic E-state index is 12.8. The van der Waals surface area contributed by atoms with Crippen LogP contribution >= 0.6 is 11.3 Å². The standard InChI is InChI=1S/C24H20N2O3S/c1-28-21-13-7-12-19(22(21)29-2)23(27)25-18-11-6-10-17(14-18)20-15-30-24(26-20)16-8-4-3-5-9-16/h3-15H,1-2H3,(H,25,27). The number of aromatic nitrogens is 1. The first kappa shape index (κ1) is 19.7. The molecule has 5 nitrogen and oxygen atoms in total. The third kappa shape index (κ3) is 4.04. The third-order valence-electron chi connectivity index (χ3n) is 4.59. The number of anilines is 1. The quantitative estimate of drug-likeness (QED) is 0.435. The van der Waals surface area contributed by atoms with Crippen LogP contribution in [0.4, 0.5) is 5.69 Å². The van der Waals surface area contributed by atoms with Crippen molar-refractivity contribution in [1.82, 2.24) is 4.98 Å². The molecular weight excluding hydrogens is 396 g/mol. The van der Waals surface area contributed by atoms with Gasteiger partial charge in [0.05, 0.1) is 25.5 Å². The molecule has 0 aliphatic carbocycles. The summed E-state index contributed by atoms with van der Waals surface area (Å²) in [6.07, 6.45) is 0. The predicted octanol–water partition coefficient (Wildman–Crippen LogP) is 5.75. The zero-order chi connectivity index (χ0) is 20.9. The number of thiazole rings is 1. The monoisotopic (exact) mass is 416 g/mol. The second kappa shape index (κ2) is 8.80. The summed E-state index contributed by atoms with van der Waals surface area (Å²) < 4.78 is 10.7. The van der Waals surface area contributed by atoms with Crippen LogP contribution in [0.5, 0.6) is 11.5 Å². The van der Waals surface area contributed by atoms with E-state index in [0.717, 1.165) is 21.8 Å². The molecule has 0 unspecified atom stereocenters. The molecule has 0 aliphatic heterocycles. The van der Waals surface area contributed by atoms with Crippen molar-refractivity contribution in [2.75, 3.05) is 19.5 Å². The Labute approximate surface area is 178 Å². The van der Waals surface area contributed by atoms with Gasteiger partial charge < -0.3 is 14.8 Å². The molecule has 150 valence electrons. The van der Waals surface area contributed by atoms with E-state index in [1.165, 1.54) is 7.11 Å². The smallest absolute Gasteiger partial charge is 0.259 e. The van der Waals surface area contributed by atoms with Crippen LogP contribution in [-0.2, 0) is 0 Å². The Kier molecular flexibility index (Phi) is 5.77. The van der Waals surface area contributed by atoms with Crippen molar-refractivity contribution in [3.8, 4) is 33.3 Å². The van der Waals surface area contributed by atoms with Crippen molar-refractivity contribution in [3.05, 3.63) is 83.7 Å². The van der Waals surface area contributed by atoms with Gasteiger partial charge in [-0.25, -0.2) is 4.98 Å². The fourth-order valence-electron chi connectivity index (χ4n) is 3.14. The van der Waals surface area contributed by atoms with Gasteiger partial charge in [-0.15, -0.1) is 11.3 Å². The van der Waals surface area contributed by atoms with E-state index >= 15 is 0 Å². The minimum Gasteiger partial charge on any atom is -0.493 e. The largest absolute Gasteiger partial charge is 0.493 e. The van der Waals surface area contributed by atoms with Gasteiger partial charge in [0.25, 0.3) is 5.91 Å². The Bertz CT molecular complexity index is 1170.